The molecule has 2 aliphatic rings. The molecule has 2 rings (SSSR count). The van der Waals surface area contributed by atoms with Crippen LogP contribution in [-0.4, -0.2) is 140 Å². The number of nitrogens with one attached hydrogen (secondary N) is 1. The lowest BCUT2D eigenvalue weighted by atomic mass is 9.97. The third kappa shape index (κ3) is 24.5. The Balaban J connectivity index is 1.90. The fourth-order valence-electron chi connectivity index (χ4n) is 7.04. The van der Waals surface area contributed by atoms with E-state index in [4.69, 9.17) is 18.9 Å². The number of amides is 1. The highest BCUT2D eigenvalue weighted by Crippen LogP contribution is 2.30. The van der Waals surface area contributed by atoms with Crippen LogP contribution in [0.3, 0.4) is 0 Å². The summed E-state index contributed by atoms with van der Waals surface area (Å²) in [6.45, 7) is 2.53. The molecular weight excluding hydrogens is 835 g/mol. The number of hydrogen-bond donors (Lipinski definition) is 9. The first-order chi connectivity index (χ1) is 31.6. The number of carbonyl (C=O) groups excluding carboxylic acids is 1. The highest BCUT2D eigenvalue weighted by atomic mass is 16.7. The molecule has 12 unspecified atom stereocenters. The molecule has 0 aromatic heterocycles. The van der Waals surface area contributed by atoms with Crippen molar-refractivity contribution in [1.82, 2.24) is 5.32 Å². The molecule has 12 atom stereocenters. The topological polar surface area (TPSA) is 228 Å². The van der Waals surface area contributed by atoms with Crippen molar-refractivity contribution in [1.29, 1.82) is 0 Å². The van der Waals surface area contributed by atoms with Crippen LogP contribution in [0.5, 0.6) is 0 Å². The van der Waals surface area contributed by atoms with E-state index in [1.807, 2.05) is 6.08 Å². The normalized spacial score (nSPS) is 27.9. The van der Waals surface area contributed by atoms with Crippen molar-refractivity contribution in [3.05, 3.63) is 97.2 Å². The Labute approximate surface area is 388 Å². The number of carbonyl (C=O) groups is 1. The summed E-state index contributed by atoms with van der Waals surface area (Å²) in [6.07, 6.45) is 31.7. The minimum absolute atomic E-state index is 0.224. The zero-order valence-corrected chi connectivity index (χ0v) is 38.9. The lowest BCUT2D eigenvalue weighted by Gasteiger charge is -2.46. The van der Waals surface area contributed by atoms with Gasteiger partial charge in [-0.3, -0.25) is 4.79 Å². The van der Waals surface area contributed by atoms with Crippen molar-refractivity contribution in [2.24, 2.45) is 0 Å². The molecule has 0 bridgehead atoms. The first-order valence-corrected chi connectivity index (χ1v) is 24.0. The van der Waals surface area contributed by atoms with Gasteiger partial charge >= 0.3 is 0 Å². The van der Waals surface area contributed by atoms with Gasteiger partial charge in [0.25, 0.3) is 0 Å². The number of aliphatic hydroxyl groups excluding tert-OH is 8. The summed E-state index contributed by atoms with van der Waals surface area (Å²) in [5.74, 6) is -0.293. The van der Waals surface area contributed by atoms with Crippen LogP contribution >= 0.6 is 0 Å². The maximum Gasteiger partial charge on any atom is 0.220 e. The molecule has 65 heavy (non-hydrogen) atoms. The van der Waals surface area contributed by atoms with Gasteiger partial charge in [0, 0.05) is 6.42 Å². The van der Waals surface area contributed by atoms with E-state index < -0.39 is 86.8 Å². The van der Waals surface area contributed by atoms with Crippen molar-refractivity contribution in [2.45, 2.75) is 197 Å². The fraction of sp³-hybridized carbons (Fsp3) is 0.667. The first kappa shape index (κ1) is 58.0. The van der Waals surface area contributed by atoms with Crippen molar-refractivity contribution < 1.29 is 64.6 Å². The molecule has 0 aliphatic carbocycles. The van der Waals surface area contributed by atoms with Crippen molar-refractivity contribution in [3.63, 3.8) is 0 Å². The molecular formula is C51H83NO13. The minimum atomic E-state index is -1.80. The van der Waals surface area contributed by atoms with Gasteiger partial charge in [-0.2, -0.15) is 0 Å². The summed E-state index contributed by atoms with van der Waals surface area (Å²) in [4.78, 5) is 13.1. The average Bonchev–Trinajstić information content (AvgIpc) is 3.30. The van der Waals surface area contributed by atoms with Crippen LogP contribution in [0.25, 0.3) is 0 Å². The zero-order valence-electron chi connectivity index (χ0n) is 38.9. The summed E-state index contributed by atoms with van der Waals surface area (Å²) >= 11 is 0. The molecule has 2 aliphatic heterocycles. The first-order valence-electron chi connectivity index (χ1n) is 24.0. The van der Waals surface area contributed by atoms with Crippen LogP contribution in [0.4, 0.5) is 0 Å². The summed E-state index contributed by atoms with van der Waals surface area (Å²) in [7, 11) is 0. The lowest BCUT2D eigenvalue weighted by molar-refractivity contribution is -0.359. The van der Waals surface area contributed by atoms with E-state index in [-0.39, 0.29) is 18.9 Å². The predicted octanol–water partition coefficient (Wildman–Crippen LogP) is 5.59. The molecule has 0 saturated carbocycles. The molecule has 2 heterocycles. The van der Waals surface area contributed by atoms with E-state index in [1.54, 1.807) is 6.08 Å². The van der Waals surface area contributed by atoms with Gasteiger partial charge in [-0.05, 0) is 83.5 Å². The molecule has 14 heteroatoms. The highest BCUT2D eigenvalue weighted by Gasteiger charge is 2.50. The van der Waals surface area contributed by atoms with Gasteiger partial charge in [0.1, 0.15) is 48.8 Å². The number of rotatable bonds is 34. The molecule has 2 fully saturated rings. The second-order valence-corrected chi connectivity index (χ2v) is 16.5. The van der Waals surface area contributed by atoms with Gasteiger partial charge in [0.2, 0.25) is 5.91 Å². The van der Waals surface area contributed by atoms with Crippen LogP contribution < -0.4 is 5.32 Å². The van der Waals surface area contributed by atoms with Gasteiger partial charge in [-0.1, -0.05) is 130 Å². The van der Waals surface area contributed by atoms with E-state index in [9.17, 15) is 45.6 Å². The van der Waals surface area contributed by atoms with Gasteiger partial charge in [-0.15, -0.1) is 0 Å². The number of aliphatic hydroxyl groups is 8. The van der Waals surface area contributed by atoms with E-state index in [1.165, 1.54) is 12.8 Å². The molecule has 0 radical (unpaired) electrons. The number of unbranched alkanes of at least 4 members (excludes halogenated alkanes) is 7. The van der Waals surface area contributed by atoms with Gasteiger partial charge in [0.05, 0.1) is 32.0 Å². The molecule has 0 aromatic rings. The van der Waals surface area contributed by atoms with Crippen LogP contribution in [0.2, 0.25) is 0 Å². The summed E-state index contributed by atoms with van der Waals surface area (Å²) in [5.41, 5.74) is 0. The van der Waals surface area contributed by atoms with Gasteiger partial charge in [0.15, 0.2) is 12.6 Å². The smallest absolute Gasteiger partial charge is 0.220 e. The largest absolute Gasteiger partial charge is 0.394 e. The Morgan fingerprint density at radius 3 is 1.66 bits per heavy atom. The molecule has 9 N–H and O–H groups in total. The standard InChI is InChI=1S/C51H83NO13/c1-3-5-7-9-11-13-15-17-18-19-20-21-22-23-25-27-29-31-33-35-43(56)52-39(40(55)34-32-30-28-26-24-16-14-12-10-8-6-4-2)38-62-50-48(61)46(59)49(42(37-54)64-50)65-51-47(60)45(58)44(57)41(36-53)63-51/h5,7,10-13,17-18,20-21,23-26,32,34,39-42,44-51,53-55,57-61H,3-4,6,8-9,14-16,19,22,27-31,33,35-38H2,1-2H3,(H,52,56)/b7-5-,12-10+,13-11-,18-17-,21-20-,25-23-,26-24+,34-32+. The van der Waals surface area contributed by atoms with Crippen LogP contribution in [0, 0.1) is 0 Å². The Hall–Kier alpha value is -3.09. The summed E-state index contributed by atoms with van der Waals surface area (Å²) in [5, 5.41) is 86.5. The third-order valence-corrected chi connectivity index (χ3v) is 11.0. The summed E-state index contributed by atoms with van der Waals surface area (Å²) < 4.78 is 22.6. The van der Waals surface area contributed by atoms with E-state index in [0.29, 0.717) is 12.8 Å². The molecule has 1 amide bonds. The van der Waals surface area contributed by atoms with Crippen LogP contribution in [0.15, 0.2) is 97.2 Å². The fourth-order valence-corrected chi connectivity index (χ4v) is 7.04. The van der Waals surface area contributed by atoms with E-state index in [0.717, 1.165) is 77.0 Å². The molecule has 0 spiro atoms. The lowest BCUT2D eigenvalue weighted by Crippen LogP contribution is -2.65. The van der Waals surface area contributed by atoms with E-state index in [2.05, 4.69) is 104 Å². The second-order valence-electron chi connectivity index (χ2n) is 16.5. The van der Waals surface area contributed by atoms with Crippen molar-refractivity contribution >= 4 is 5.91 Å². The predicted molar refractivity (Wildman–Crippen MR) is 253 cm³/mol. The molecule has 2 saturated heterocycles. The minimum Gasteiger partial charge on any atom is -0.394 e. The average molecular weight is 918 g/mol. The van der Waals surface area contributed by atoms with Crippen molar-refractivity contribution in [3.8, 4) is 0 Å². The number of allylic oxidation sites excluding steroid dienone is 15. The maximum absolute atomic E-state index is 13.1. The third-order valence-electron chi connectivity index (χ3n) is 11.0. The Morgan fingerprint density at radius 2 is 1.08 bits per heavy atom. The maximum atomic E-state index is 13.1. The Kier molecular flexibility index (Phi) is 33.0. The van der Waals surface area contributed by atoms with Crippen molar-refractivity contribution in [2.75, 3.05) is 19.8 Å². The Morgan fingerprint density at radius 1 is 0.569 bits per heavy atom. The van der Waals surface area contributed by atoms with Crippen LogP contribution in [0.1, 0.15) is 123 Å². The quantitative estimate of drug-likeness (QED) is 0.0284. The van der Waals surface area contributed by atoms with E-state index >= 15 is 0 Å². The molecule has 14 nitrogen and oxygen atoms in total. The highest BCUT2D eigenvalue weighted by molar-refractivity contribution is 5.76. The number of hydrogen-bond acceptors (Lipinski definition) is 13. The zero-order chi connectivity index (χ0) is 47.5. The number of ether oxygens (including phenoxy) is 4. The monoisotopic (exact) mass is 918 g/mol. The summed E-state index contributed by atoms with van der Waals surface area (Å²) in [6, 6.07) is -0.960. The SMILES string of the molecule is CC/C=C\C/C=C\C/C=C\C/C=C\C/C=C\CCCCCC(=O)NC(COC1OC(CO)C(OC2OC(CO)C(O)C(O)C2O)C(O)C1O)C(O)/C=C/CC/C=C/CC/C=C/CCCC. The molecule has 370 valence electrons. The Bertz CT molecular complexity index is 1460. The van der Waals surface area contributed by atoms with Gasteiger partial charge < -0.3 is 65.1 Å². The second kappa shape index (κ2) is 37.0. The van der Waals surface area contributed by atoms with Gasteiger partial charge in [-0.25, -0.2) is 0 Å². The molecule has 0 aromatic carbocycles. The van der Waals surface area contributed by atoms with Crippen LogP contribution in [-0.2, 0) is 23.7 Å².